The number of aromatic carboxylic acids is 1. The number of hydrogen-bond donors (Lipinski definition) is 2. The van der Waals surface area contributed by atoms with E-state index in [-0.39, 0.29) is 29.4 Å². The number of β-amino-alcohol motifs (C(OH)–C–C–N with tert-alkyl or cyclic N) is 1. The lowest BCUT2D eigenvalue weighted by Crippen LogP contribution is -2.46. The van der Waals surface area contributed by atoms with E-state index in [2.05, 4.69) is 5.16 Å². The van der Waals surface area contributed by atoms with Crippen LogP contribution in [0, 0.1) is 5.82 Å². The summed E-state index contributed by atoms with van der Waals surface area (Å²) >= 11 is 0. The summed E-state index contributed by atoms with van der Waals surface area (Å²) < 4.78 is 23.8. The number of halogens is 1. The van der Waals surface area contributed by atoms with Crippen molar-refractivity contribution in [2.75, 3.05) is 25.1 Å². The van der Waals surface area contributed by atoms with Gasteiger partial charge in [0.05, 0.1) is 12.7 Å². The number of methoxy groups -OCH3 is 1. The molecule has 1 aliphatic heterocycles. The van der Waals surface area contributed by atoms with Crippen molar-refractivity contribution in [2.45, 2.75) is 25.4 Å². The first-order valence-corrected chi connectivity index (χ1v) is 7.86. The highest BCUT2D eigenvalue weighted by Crippen LogP contribution is 2.35. The summed E-state index contributed by atoms with van der Waals surface area (Å²) in [5.74, 6) is -1.61. The Bertz CT molecular complexity index is 802. The third-order valence-electron chi connectivity index (χ3n) is 4.28. The number of carboxylic acid groups (broad SMARTS) is 1. The summed E-state index contributed by atoms with van der Waals surface area (Å²) in [6.45, 7) is 2.52. The van der Waals surface area contributed by atoms with Crippen LogP contribution in [0.1, 0.15) is 30.1 Å². The molecule has 0 spiro atoms. The van der Waals surface area contributed by atoms with Crippen molar-refractivity contribution < 1.29 is 28.7 Å². The smallest absolute Gasteiger partial charge is 0.343 e. The molecule has 0 aliphatic carbocycles. The lowest BCUT2D eigenvalue weighted by molar-refractivity contribution is 0.0442. The highest BCUT2D eigenvalue weighted by atomic mass is 19.1. The van der Waals surface area contributed by atoms with Gasteiger partial charge in [0.2, 0.25) is 0 Å². The van der Waals surface area contributed by atoms with Crippen LogP contribution in [-0.4, -0.2) is 47.1 Å². The van der Waals surface area contributed by atoms with Gasteiger partial charge >= 0.3 is 5.97 Å². The monoisotopic (exact) mass is 350 g/mol. The van der Waals surface area contributed by atoms with Crippen molar-refractivity contribution in [3.05, 3.63) is 29.6 Å². The molecule has 1 unspecified atom stereocenters. The van der Waals surface area contributed by atoms with Crippen molar-refractivity contribution in [3.63, 3.8) is 0 Å². The average molecular weight is 350 g/mol. The third kappa shape index (κ3) is 3.30. The summed E-state index contributed by atoms with van der Waals surface area (Å²) in [5, 5.41) is 23.8. The molecule has 25 heavy (non-hydrogen) atoms. The Hall–Kier alpha value is -2.61. The van der Waals surface area contributed by atoms with E-state index in [4.69, 9.17) is 9.26 Å². The summed E-state index contributed by atoms with van der Waals surface area (Å²) in [4.78, 5) is 13.5. The number of carbonyl (C=O) groups is 1. The second-order valence-electron chi connectivity index (χ2n) is 6.39. The van der Waals surface area contributed by atoms with Crippen LogP contribution in [0.5, 0.6) is 5.75 Å². The van der Waals surface area contributed by atoms with Crippen LogP contribution in [0.15, 0.2) is 22.7 Å². The lowest BCUT2D eigenvalue weighted by Gasteiger charge is -2.36. The van der Waals surface area contributed by atoms with Crippen LogP contribution < -0.4 is 9.64 Å². The molecule has 0 amide bonds. The van der Waals surface area contributed by atoms with Gasteiger partial charge in [-0.2, -0.15) is 0 Å². The van der Waals surface area contributed by atoms with E-state index in [1.54, 1.807) is 11.8 Å². The molecule has 1 aliphatic rings. The Balaban J connectivity index is 2.05. The molecular formula is C17H19FN2O5. The van der Waals surface area contributed by atoms with Crippen LogP contribution in [0.3, 0.4) is 0 Å². The van der Waals surface area contributed by atoms with Gasteiger partial charge in [0, 0.05) is 18.7 Å². The summed E-state index contributed by atoms with van der Waals surface area (Å²) in [7, 11) is 1.32. The molecule has 1 fully saturated rings. The molecule has 2 N–H and O–H groups in total. The van der Waals surface area contributed by atoms with E-state index in [1.807, 2.05) is 0 Å². The number of piperidine rings is 1. The highest BCUT2D eigenvalue weighted by molar-refractivity contribution is 5.99. The Morgan fingerprint density at radius 1 is 1.48 bits per heavy atom. The van der Waals surface area contributed by atoms with Gasteiger partial charge in [0.15, 0.2) is 28.7 Å². The molecule has 8 heteroatoms. The number of aromatic nitrogens is 1. The molecule has 134 valence electrons. The molecule has 1 saturated heterocycles. The van der Waals surface area contributed by atoms with Crippen LogP contribution in [0.25, 0.3) is 11.3 Å². The maximum atomic E-state index is 13.6. The number of ether oxygens (including phenoxy) is 1. The molecule has 7 nitrogen and oxygen atoms in total. The minimum atomic E-state index is -1.21. The van der Waals surface area contributed by atoms with Crippen LogP contribution in [0.2, 0.25) is 0 Å². The van der Waals surface area contributed by atoms with Crippen molar-refractivity contribution >= 4 is 11.8 Å². The Kier molecular flexibility index (Phi) is 4.38. The zero-order valence-electron chi connectivity index (χ0n) is 14.0. The molecule has 0 bridgehead atoms. The molecule has 1 atom stereocenters. The second kappa shape index (κ2) is 6.36. The van der Waals surface area contributed by atoms with Gasteiger partial charge in [-0.25, -0.2) is 9.18 Å². The fourth-order valence-corrected chi connectivity index (χ4v) is 3.09. The first kappa shape index (κ1) is 17.2. The second-order valence-corrected chi connectivity index (χ2v) is 6.39. The van der Waals surface area contributed by atoms with E-state index >= 15 is 0 Å². The fraction of sp³-hybridized carbons (Fsp3) is 0.412. The van der Waals surface area contributed by atoms with Crippen molar-refractivity contribution in [1.29, 1.82) is 0 Å². The fourth-order valence-electron chi connectivity index (χ4n) is 3.09. The van der Waals surface area contributed by atoms with Gasteiger partial charge < -0.3 is 24.4 Å². The van der Waals surface area contributed by atoms with E-state index in [1.165, 1.54) is 25.3 Å². The predicted octanol–water partition coefficient (Wildman–Crippen LogP) is 2.54. The molecule has 0 saturated carbocycles. The number of rotatable bonds is 4. The van der Waals surface area contributed by atoms with Gasteiger partial charge in [-0.05, 0) is 38.0 Å². The Labute approximate surface area is 143 Å². The maximum Gasteiger partial charge on any atom is 0.343 e. The largest absolute Gasteiger partial charge is 0.494 e. The normalized spacial score (nSPS) is 20.6. The molecule has 2 aromatic rings. The average Bonchev–Trinajstić information content (AvgIpc) is 2.99. The Morgan fingerprint density at radius 2 is 2.24 bits per heavy atom. The number of carboxylic acids is 1. The SMILES string of the molecule is COc1cc(-c2onc(N3CCCC(C)(O)C3)c2C(=O)O)ccc1F. The van der Waals surface area contributed by atoms with E-state index < -0.39 is 17.4 Å². The summed E-state index contributed by atoms with van der Waals surface area (Å²) in [6.07, 6.45) is 1.34. The lowest BCUT2D eigenvalue weighted by atomic mass is 9.95. The predicted molar refractivity (Wildman–Crippen MR) is 87.5 cm³/mol. The summed E-state index contributed by atoms with van der Waals surface area (Å²) in [5.41, 5.74) is -0.698. The van der Waals surface area contributed by atoms with Crippen molar-refractivity contribution in [1.82, 2.24) is 5.16 Å². The quantitative estimate of drug-likeness (QED) is 0.875. The zero-order valence-corrected chi connectivity index (χ0v) is 14.0. The van der Waals surface area contributed by atoms with E-state index in [0.29, 0.717) is 24.9 Å². The van der Waals surface area contributed by atoms with Gasteiger partial charge in [0.1, 0.15) is 0 Å². The van der Waals surface area contributed by atoms with Gasteiger partial charge in [0.25, 0.3) is 0 Å². The molecule has 0 radical (unpaired) electrons. The van der Waals surface area contributed by atoms with Gasteiger partial charge in [-0.1, -0.05) is 5.16 Å². The van der Waals surface area contributed by atoms with Gasteiger partial charge in [-0.3, -0.25) is 0 Å². The Morgan fingerprint density at radius 3 is 2.88 bits per heavy atom. The topological polar surface area (TPSA) is 96.0 Å². The number of hydrogen-bond acceptors (Lipinski definition) is 6. The van der Waals surface area contributed by atoms with Crippen LogP contribution in [0.4, 0.5) is 10.2 Å². The maximum absolute atomic E-state index is 13.6. The van der Waals surface area contributed by atoms with E-state index in [0.717, 1.165) is 0 Å². The number of nitrogens with zero attached hydrogens (tertiary/aromatic N) is 2. The number of benzene rings is 1. The third-order valence-corrected chi connectivity index (χ3v) is 4.28. The van der Waals surface area contributed by atoms with Crippen molar-refractivity contribution in [2.24, 2.45) is 0 Å². The molecule has 3 rings (SSSR count). The number of anilines is 1. The molecular weight excluding hydrogens is 331 g/mol. The first-order chi connectivity index (χ1) is 11.8. The molecule has 2 heterocycles. The van der Waals surface area contributed by atoms with Crippen LogP contribution >= 0.6 is 0 Å². The zero-order chi connectivity index (χ0) is 18.2. The molecule has 1 aromatic carbocycles. The summed E-state index contributed by atoms with van der Waals surface area (Å²) in [6, 6.07) is 3.94. The standard InChI is InChI=1S/C17H19FN2O5/c1-17(23)6-3-7-20(9-17)15-13(16(21)22)14(25-19-15)10-4-5-11(18)12(8-10)24-2/h4-5,8,23H,3,6-7,9H2,1-2H3,(H,21,22). The van der Waals surface area contributed by atoms with E-state index in [9.17, 15) is 19.4 Å². The minimum absolute atomic E-state index is 0.0195. The van der Waals surface area contributed by atoms with Gasteiger partial charge in [-0.15, -0.1) is 0 Å². The minimum Gasteiger partial charge on any atom is -0.494 e. The van der Waals surface area contributed by atoms with Crippen molar-refractivity contribution in [3.8, 4) is 17.1 Å². The highest BCUT2D eigenvalue weighted by Gasteiger charge is 2.34. The molecule has 1 aromatic heterocycles. The first-order valence-electron chi connectivity index (χ1n) is 7.86. The van der Waals surface area contributed by atoms with Crippen LogP contribution in [-0.2, 0) is 0 Å². The number of aliphatic hydroxyl groups is 1.